The third-order valence-corrected chi connectivity index (χ3v) is 2.87. The Balaban J connectivity index is 1.97. The Morgan fingerprint density at radius 2 is 2.11 bits per heavy atom. The summed E-state index contributed by atoms with van der Waals surface area (Å²) in [6.45, 7) is 2.96. The van der Waals surface area contributed by atoms with Gasteiger partial charge in [-0.25, -0.2) is 4.79 Å². The average molecular weight is 247 g/mol. The van der Waals surface area contributed by atoms with Crippen LogP contribution in [0.15, 0.2) is 30.3 Å². The molecule has 3 amide bonds. The van der Waals surface area contributed by atoms with Gasteiger partial charge in [-0.2, -0.15) is 0 Å². The molecule has 0 saturated carbocycles. The molecule has 1 saturated heterocycles. The van der Waals surface area contributed by atoms with Crippen LogP contribution < -0.4 is 15.5 Å². The van der Waals surface area contributed by atoms with Gasteiger partial charge in [-0.1, -0.05) is 18.2 Å². The van der Waals surface area contributed by atoms with E-state index >= 15 is 0 Å². The predicted octanol–water partition coefficient (Wildman–Crippen LogP) is 1.11. The van der Waals surface area contributed by atoms with Gasteiger partial charge in [-0.05, 0) is 19.1 Å². The van der Waals surface area contributed by atoms with Gasteiger partial charge in [0.25, 0.3) is 0 Å². The van der Waals surface area contributed by atoms with E-state index in [0.717, 1.165) is 5.69 Å². The van der Waals surface area contributed by atoms with Crippen molar-refractivity contribution in [3.05, 3.63) is 30.3 Å². The standard InChI is InChI=1S/C13H17N3O2/c1-2-14-13(18)15-10-8-12(17)16(9-10)11-6-4-3-5-7-11/h3-7,10H,2,8-9H2,1H3,(H2,14,15,18). The van der Waals surface area contributed by atoms with Crippen LogP contribution in [0.2, 0.25) is 0 Å². The molecule has 1 fully saturated rings. The van der Waals surface area contributed by atoms with Crippen molar-refractivity contribution in [1.29, 1.82) is 0 Å². The number of hydrogen-bond donors (Lipinski definition) is 2. The normalized spacial score (nSPS) is 18.8. The van der Waals surface area contributed by atoms with Crippen molar-refractivity contribution in [3.8, 4) is 0 Å². The second-order valence-electron chi connectivity index (χ2n) is 4.24. The predicted molar refractivity (Wildman–Crippen MR) is 69.4 cm³/mol. The molecular formula is C13H17N3O2. The third-order valence-electron chi connectivity index (χ3n) is 2.87. The molecule has 5 nitrogen and oxygen atoms in total. The molecule has 0 spiro atoms. The first-order valence-corrected chi connectivity index (χ1v) is 6.10. The largest absolute Gasteiger partial charge is 0.338 e. The molecule has 1 atom stereocenters. The maximum atomic E-state index is 11.9. The first-order valence-electron chi connectivity index (χ1n) is 6.10. The van der Waals surface area contributed by atoms with E-state index in [2.05, 4.69) is 10.6 Å². The fourth-order valence-electron chi connectivity index (χ4n) is 2.06. The molecule has 0 bridgehead atoms. The number of hydrogen-bond acceptors (Lipinski definition) is 2. The number of nitrogens with zero attached hydrogens (tertiary/aromatic N) is 1. The summed E-state index contributed by atoms with van der Waals surface area (Å²) >= 11 is 0. The van der Waals surface area contributed by atoms with E-state index < -0.39 is 0 Å². The van der Waals surface area contributed by atoms with Crippen molar-refractivity contribution in [2.45, 2.75) is 19.4 Å². The van der Waals surface area contributed by atoms with Crippen LogP contribution in [0.1, 0.15) is 13.3 Å². The zero-order chi connectivity index (χ0) is 13.0. The molecule has 0 aliphatic carbocycles. The summed E-state index contributed by atoms with van der Waals surface area (Å²) in [7, 11) is 0. The first kappa shape index (κ1) is 12.4. The minimum Gasteiger partial charge on any atom is -0.338 e. The fraction of sp³-hybridized carbons (Fsp3) is 0.385. The topological polar surface area (TPSA) is 61.4 Å². The lowest BCUT2D eigenvalue weighted by atomic mass is 10.2. The number of urea groups is 1. The highest BCUT2D eigenvalue weighted by molar-refractivity contribution is 5.96. The third kappa shape index (κ3) is 2.80. The number of nitrogens with one attached hydrogen (secondary N) is 2. The van der Waals surface area contributed by atoms with Crippen molar-refractivity contribution in [3.63, 3.8) is 0 Å². The smallest absolute Gasteiger partial charge is 0.315 e. The van der Waals surface area contributed by atoms with Gasteiger partial charge < -0.3 is 15.5 Å². The Hall–Kier alpha value is -2.04. The number of anilines is 1. The molecule has 2 N–H and O–H groups in total. The minimum atomic E-state index is -0.217. The number of benzene rings is 1. The summed E-state index contributed by atoms with van der Waals surface area (Å²) in [5, 5.41) is 5.46. The molecule has 0 aromatic heterocycles. The molecule has 5 heteroatoms. The van der Waals surface area contributed by atoms with Gasteiger partial charge in [-0.15, -0.1) is 0 Å². The summed E-state index contributed by atoms with van der Waals surface area (Å²) in [4.78, 5) is 25.0. The van der Waals surface area contributed by atoms with Crippen molar-refractivity contribution in [2.75, 3.05) is 18.0 Å². The SMILES string of the molecule is CCNC(=O)NC1CC(=O)N(c2ccccc2)C1. The van der Waals surface area contributed by atoms with Gasteiger partial charge in [0.2, 0.25) is 5.91 Å². The number of para-hydroxylation sites is 1. The Morgan fingerprint density at radius 3 is 2.78 bits per heavy atom. The second kappa shape index (κ2) is 5.53. The number of carbonyl (C=O) groups excluding carboxylic acids is 2. The molecule has 1 heterocycles. The maximum Gasteiger partial charge on any atom is 0.315 e. The van der Waals surface area contributed by atoms with Crippen molar-refractivity contribution < 1.29 is 9.59 Å². The highest BCUT2D eigenvalue weighted by Crippen LogP contribution is 2.20. The monoisotopic (exact) mass is 247 g/mol. The van der Waals surface area contributed by atoms with E-state index in [4.69, 9.17) is 0 Å². The van der Waals surface area contributed by atoms with E-state index in [0.29, 0.717) is 19.5 Å². The quantitative estimate of drug-likeness (QED) is 0.840. The lowest BCUT2D eigenvalue weighted by molar-refractivity contribution is -0.117. The summed E-state index contributed by atoms with van der Waals surface area (Å²) in [5.41, 5.74) is 0.877. The van der Waals surface area contributed by atoms with Crippen LogP contribution in [-0.4, -0.2) is 31.1 Å². The van der Waals surface area contributed by atoms with Gasteiger partial charge >= 0.3 is 6.03 Å². The van der Waals surface area contributed by atoms with Crippen molar-refractivity contribution in [1.82, 2.24) is 10.6 Å². The van der Waals surface area contributed by atoms with Crippen LogP contribution in [0.5, 0.6) is 0 Å². The highest BCUT2D eigenvalue weighted by atomic mass is 16.2. The summed E-state index contributed by atoms with van der Waals surface area (Å²) in [6.07, 6.45) is 0.353. The zero-order valence-electron chi connectivity index (χ0n) is 10.3. The van der Waals surface area contributed by atoms with Crippen LogP contribution in [0.25, 0.3) is 0 Å². The average Bonchev–Trinajstić information content (AvgIpc) is 2.71. The van der Waals surface area contributed by atoms with Crippen molar-refractivity contribution >= 4 is 17.6 Å². The molecule has 1 aliphatic heterocycles. The minimum absolute atomic E-state index is 0.0444. The lowest BCUT2D eigenvalue weighted by Gasteiger charge is -2.17. The maximum absolute atomic E-state index is 11.9. The van der Waals surface area contributed by atoms with Gasteiger partial charge in [-0.3, -0.25) is 4.79 Å². The molecule has 0 radical (unpaired) electrons. The second-order valence-corrected chi connectivity index (χ2v) is 4.24. The van der Waals surface area contributed by atoms with E-state index in [1.165, 1.54) is 0 Å². The molecule has 1 unspecified atom stereocenters. The van der Waals surface area contributed by atoms with Crippen LogP contribution in [-0.2, 0) is 4.79 Å². The van der Waals surface area contributed by atoms with Crippen molar-refractivity contribution in [2.24, 2.45) is 0 Å². The Labute approximate surface area is 106 Å². The van der Waals surface area contributed by atoms with Crippen LogP contribution in [0, 0.1) is 0 Å². The highest BCUT2D eigenvalue weighted by Gasteiger charge is 2.31. The summed E-state index contributed by atoms with van der Waals surface area (Å²) in [6, 6.07) is 9.16. The Morgan fingerprint density at radius 1 is 1.39 bits per heavy atom. The molecular weight excluding hydrogens is 230 g/mol. The van der Waals surface area contributed by atoms with Gasteiger partial charge in [0.15, 0.2) is 0 Å². The molecule has 1 aliphatic rings. The number of carbonyl (C=O) groups is 2. The molecule has 18 heavy (non-hydrogen) atoms. The molecule has 96 valence electrons. The van der Waals surface area contributed by atoms with E-state index in [9.17, 15) is 9.59 Å². The van der Waals surface area contributed by atoms with E-state index in [-0.39, 0.29) is 18.0 Å². The Kier molecular flexibility index (Phi) is 3.82. The zero-order valence-corrected chi connectivity index (χ0v) is 10.3. The van der Waals surface area contributed by atoms with E-state index in [1.54, 1.807) is 4.90 Å². The van der Waals surface area contributed by atoms with Crippen LogP contribution in [0.3, 0.4) is 0 Å². The fourth-order valence-corrected chi connectivity index (χ4v) is 2.06. The summed E-state index contributed by atoms with van der Waals surface area (Å²) < 4.78 is 0. The lowest BCUT2D eigenvalue weighted by Crippen LogP contribution is -2.43. The van der Waals surface area contributed by atoms with Gasteiger partial charge in [0.05, 0.1) is 6.04 Å². The molecule has 2 rings (SSSR count). The van der Waals surface area contributed by atoms with Crippen LogP contribution in [0.4, 0.5) is 10.5 Å². The van der Waals surface area contributed by atoms with Gasteiger partial charge in [0, 0.05) is 25.2 Å². The van der Waals surface area contributed by atoms with Crippen LogP contribution >= 0.6 is 0 Å². The Bertz CT molecular complexity index is 433. The first-order chi connectivity index (χ1) is 8.70. The summed E-state index contributed by atoms with van der Waals surface area (Å²) in [5.74, 6) is 0.0444. The molecule has 1 aromatic carbocycles. The molecule has 1 aromatic rings. The van der Waals surface area contributed by atoms with E-state index in [1.807, 2.05) is 37.3 Å². The number of amides is 3. The van der Waals surface area contributed by atoms with Gasteiger partial charge in [0.1, 0.15) is 0 Å². The number of rotatable bonds is 3.